The molecule has 3 aromatic rings. The van der Waals surface area contributed by atoms with E-state index in [1.54, 1.807) is 16.8 Å². The van der Waals surface area contributed by atoms with Gasteiger partial charge in [-0.05, 0) is 36.8 Å². The van der Waals surface area contributed by atoms with Gasteiger partial charge in [-0.25, -0.2) is 4.68 Å². The van der Waals surface area contributed by atoms with E-state index in [0.29, 0.717) is 5.56 Å². The van der Waals surface area contributed by atoms with Crippen LogP contribution in [0.4, 0.5) is 8.78 Å². The molecular weight excluding hydrogens is 340 g/mol. The van der Waals surface area contributed by atoms with E-state index in [4.69, 9.17) is 0 Å². The molecule has 0 saturated heterocycles. The summed E-state index contributed by atoms with van der Waals surface area (Å²) in [5.41, 5.74) is 2.85. The number of benzene rings is 2. The Morgan fingerprint density at radius 1 is 1.15 bits per heavy atom. The number of rotatable bonds is 6. The van der Waals surface area contributed by atoms with Gasteiger partial charge in [0.05, 0.1) is 23.1 Å². The van der Waals surface area contributed by atoms with Crippen LogP contribution in [-0.4, -0.2) is 22.3 Å². The number of halogens is 2. The predicted octanol–water partition coefficient (Wildman–Crippen LogP) is 3.71. The standard InChI is InChI=1S/C19H17F2N3O2/c1-13-17(12-23-24(13)15-5-3-2-4-6-15)18(25)22-11-14-7-9-16(10-8-14)26-19(20)21/h2-10,12,19H,11H2,1H3,(H,22,25). The highest BCUT2D eigenvalue weighted by Crippen LogP contribution is 2.16. The van der Waals surface area contributed by atoms with Crippen molar-refractivity contribution in [3.63, 3.8) is 0 Å². The van der Waals surface area contributed by atoms with Gasteiger partial charge >= 0.3 is 6.61 Å². The lowest BCUT2D eigenvalue weighted by molar-refractivity contribution is -0.0498. The van der Waals surface area contributed by atoms with Gasteiger partial charge in [-0.15, -0.1) is 0 Å². The normalized spacial score (nSPS) is 10.8. The second-order valence-corrected chi connectivity index (χ2v) is 5.60. The molecule has 1 N–H and O–H groups in total. The molecule has 0 unspecified atom stereocenters. The summed E-state index contributed by atoms with van der Waals surface area (Å²) in [6.45, 7) is -0.764. The van der Waals surface area contributed by atoms with Crippen LogP contribution in [0.25, 0.3) is 5.69 Å². The first-order chi connectivity index (χ1) is 12.5. The second-order valence-electron chi connectivity index (χ2n) is 5.60. The number of carbonyl (C=O) groups is 1. The monoisotopic (exact) mass is 357 g/mol. The first-order valence-corrected chi connectivity index (χ1v) is 7.96. The van der Waals surface area contributed by atoms with Crippen molar-refractivity contribution in [2.24, 2.45) is 0 Å². The van der Waals surface area contributed by atoms with Crippen molar-refractivity contribution < 1.29 is 18.3 Å². The third kappa shape index (κ3) is 4.05. The molecule has 134 valence electrons. The van der Waals surface area contributed by atoms with Crippen LogP contribution in [0.5, 0.6) is 5.75 Å². The molecule has 1 aromatic heterocycles. The molecular formula is C19H17F2N3O2. The molecule has 0 atom stereocenters. The molecule has 0 bridgehead atoms. The molecule has 0 spiro atoms. The van der Waals surface area contributed by atoms with E-state index in [0.717, 1.165) is 16.9 Å². The number of alkyl halides is 2. The summed E-state index contributed by atoms with van der Waals surface area (Å²) < 4.78 is 30.3. The van der Waals surface area contributed by atoms with Crippen LogP contribution in [0.2, 0.25) is 0 Å². The molecule has 0 fully saturated rings. The largest absolute Gasteiger partial charge is 0.435 e. The van der Waals surface area contributed by atoms with Gasteiger partial charge in [0, 0.05) is 6.54 Å². The third-order valence-electron chi connectivity index (χ3n) is 3.86. The minimum absolute atomic E-state index is 0.0788. The highest BCUT2D eigenvalue weighted by atomic mass is 19.3. The number of nitrogens with zero attached hydrogens (tertiary/aromatic N) is 2. The van der Waals surface area contributed by atoms with Crippen LogP contribution < -0.4 is 10.1 Å². The molecule has 0 aliphatic rings. The predicted molar refractivity (Wildman–Crippen MR) is 92.5 cm³/mol. The van der Waals surface area contributed by atoms with Crippen molar-refractivity contribution in [1.82, 2.24) is 15.1 Å². The molecule has 1 heterocycles. The van der Waals surface area contributed by atoms with Crippen LogP contribution in [0.15, 0.2) is 60.8 Å². The molecule has 2 aromatic carbocycles. The van der Waals surface area contributed by atoms with Gasteiger partial charge in [0.2, 0.25) is 0 Å². The lowest BCUT2D eigenvalue weighted by atomic mass is 10.2. The number of hydrogen-bond acceptors (Lipinski definition) is 3. The lowest BCUT2D eigenvalue weighted by Crippen LogP contribution is -2.23. The average molecular weight is 357 g/mol. The molecule has 26 heavy (non-hydrogen) atoms. The number of para-hydroxylation sites is 1. The molecule has 3 rings (SSSR count). The molecule has 0 radical (unpaired) electrons. The van der Waals surface area contributed by atoms with Gasteiger partial charge < -0.3 is 10.1 Å². The molecule has 0 saturated carbocycles. The maximum Gasteiger partial charge on any atom is 0.387 e. The molecule has 7 heteroatoms. The molecule has 0 aliphatic carbocycles. The van der Waals surface area contributed by atoms with E-state index >= 15 is 0 Å². The molecule has 0 aliphatic heterocycles. The number of carbonyl (C=O) groups excluding carboxylic acids is 1. The Hall–Kier alpha value is -3.22. The fraction of sp³-hybridized carbons (Fsp3) is 0.158. The smallest absolute Gasteiger partial charge is 0.387 e. The van der Waals surface area contributed by atoms with Crippen LogP contribution in [-0.2, 0) is 6.54 Å². The van der Waals surface area contributed by atoms with E-state index in [-0.39, 0.29) is 18.2 Å². The third-order valence-corrected chi connectivity index (χ3v) is 3.86. The van der Waals surface area contributed by atoms with Crippen LogP contribution >= 0.6 is 0 Å². The summed E-state index contributed by atoms with van der Waals surface area (Å²) in [6, 6.07) is 15.6. The van der Waals surface area contributed by atoms with Crippen molar-refractivity contribution >= 4 is 5.91 Å². The van der Waals surface area contributed by atoms with Crippen molar-refractivity contribution in [2.75, 3.05) is 0 Å². The zero-order chi connectivity index (χ0) is 18.5. The minimum Gasteiger partial charge on any atom is -0.435 e. The Morgan fingerprint density at radius 2 is 1.85 bits per heavy atom. The fourth-order valence-corrected chi connectivity index (χ4v) is 2.53. The Morgan fingerprint density at radius 3 is 2.50 bits per heavy atom. The maximum absolute atomic E-state index is 12.4. The number of hydrogen-bond donors (Lipinski definition) is 1. The highest BCUT2D eigenvalue weighted by molar-refractivity contribution is 5.95. The van der Waals surface area contributed by atoms with Crippen LogP contribution in [0, 0.1) is 6.92 Å². The topological polar surface area (TPSA) is 56.1 Å². The van der Waals surface area contributed by atoms with Crippen molar-refractivity contribution in [3.8, 4) is 11.4 Å². The van der Waals surface area contributed by atoms with E-state index < -0.39 is 6.61 Å². The number of amides is 1. The summed E-state index contributed by atoms with van der Waals surface area (Å²) in [6.07, 6.45) is 1.53. The summed E-state index contributed by atoms with van der Waals surface area (Å²) in [7, 11) is 0. The van der Waals surface area contributed by atoms with E-state index in [2.05, 4.69) is 15.2 Å². The Labute approximate surface area is 149 Å². The Bertz CT molecular complexity index is 878. The minimum atomic E-state index is -2.86. The second kappa shape index (κ2) is 7.77. The molecule has 5 nitrogen and oxygen atoms in total. The maximum atomic E-state index is 12.4. The number of nitrogens with one attached hydrogen (secondary N) is 1. The zero-order valence-corrected chi connectivity index (χ0v) is 14.0. The highest BCUT2D eigenvalue weighted by Gasteiger charge is 2.15. The quantitative estimate of drug-likeness (QED) is 0.732. The van der Waals surface area contributed by atoms with Crippen LogP contribution in [0.3, 0.4) is 0 Å². The van der Waals surface area contributed by atoms with Crippen LogP contribution in [0.1, 0.15) is 21.6 Å². The fourth-order valence-electron chi connectivity index (χ4n) is 2.53. The molecule has 1 amide bonds. The van der Waals surface area contributed by atoms with Gasteiger partial charge in [0.25, 0.3) is 5.91 Å². The van der Waals surface area contributed by atoms with Gasteiger partial charge in [0.15, 0.2) is 0 Å². The summed E-state index contributed by atoms with van der Waals surface area (Å²) in [4.78, 5) is 12.4. The van der Waals surface area contributed by atoms with E-state index in [1.165, 1.54) is 18.3 Å². The van der Waals surface area contributed by atoms with E-state index in [9.17, 15) is 13.6 Å². The van der Waals surface area contributed by atoms with Crippen molar-refractivity contribution in [3.05, 3.63) is 77.6 Å². The summed E-state index contributed by atoms with van der Waals surface area (Å²) in [5, 5.41) is 7.07. The van der Waals surface area contributed by atoms with Crippen molar-refractivity contribution in [2.45, 2.75) is 20.1 Å². The Kier molecular flexibility index (Phi) is 5.26. The van der Waals surface area contributed by atoms with Gasteiger partial charge in [-0.1, -0.05) is 30.3 Å². The first-order valence-electron chi connectivity index (χ1n) is 7.96. The Balaban J connectivity index is 1.65. The van der Waals surface area contributed by atoms with Crippen molar-refractivity contribution in [1.29, 1.82) is 0 Å². The lowest BCUT2D eigenvalue weighted by Gasteiger charge is -2.08. The summed E-state index contributed by atoms with van der Waals surface area (Å²) >= 11 is 0. The first kappa shape index (κ1) is 17.6. The van der Waals surface area contributed by atoms with Gasteiger partial charge in [-0.3, -0.25) is 4.79 Å². The summed E-state index contributed by atoms with van der Waals surface area (Å²) in [5.74, 6) is -0.173. The zero-order valence-electron chi connectivity index (χ0n) is 14.0. The van der Waals surface area contributed by atoms with Gasteiger partial charge in [0.1, 0.15) is 5.75 Å². The SMILES string of the molecule is Cc1c(C(=O)NCc2ccc(OC(F)F)cc2)cnn1-c1ccccc1. The van der Waals surface area contributed by atoms with E-state index in [1.807, 2.05) is 37.3 Å². The number of ether oxygens (including phenoxy) is 1. The van der Waals surface area contributed by atoms with Gasteiger partial charge in [-0.2, -0.15) is 13.9 Å². The average Bonchev–Trinajstić information content (AvgIpc) is 3.03. The number of aromatic nitrogens is 2.